The lowest BCUT2D eigenvalue weighted by molar-refractivity contribution is -0.135. The average Bonchev–Trinajstić information content (AvgIpc) is 2.68. The largest absolute Gasteiger partial charge is 0.373 e. The summed E-state index contributed by atoms with van der Waals surface area (Å²) in [5.74, 6) is 1.47. The third-order valence-electron chi connectivity index (χ3n) is 5.76. The normalized spacial score (nSPS) is 23.4. The Balaban J connectivity index is 1.37. The molecule has 2 aliphatic rings. The van der Waals surface area contributed by atoms with Crippen molar-refractivity contribution in [3.05, 3.63) is 35.9 Å². The molecule has 1 N–H and O–H groups in total. The molecular weight excluding hydrogens is 312 g/mol. The number of benzene rings is 1. The van der Waals surface area contributed by atoms with E-state index < -0.39 is 0 Å². The predicted octanol–water partition coefficient (Wildman–Crippen LogP) is 3.22. The molecule has 2 unspecified atom stereocenters. The molecule has 0 bridgehead atoms. The molecule has 0 saturated carbocycles. The molecule has 2 saturated heterocycles. The summed E-state index contributed by atoms with van der Waals surface area (Å²) in [6, 6.07) is 10.3. The van der Waals surface area contributed by atoms with Crippen LogP contribution in [0, 0.1) is 11.8 Å². The lowest BCUT2D eigenvalue weighted by Crippen LogP contribution is -2.42. The fourth-order valence-electron chi connectivity index (χ4n) is 4.00. The van der Waals surface area contributed by atoms with Gasteiger partial charge in [-0.05, 0) is 56.2 Å². The maximum Gasteiger partial charge on any atom is 0.222 e. The number of hydrogen-bond acceptors (Lipinski definition) is 3. The zero-order valence-electron chi connectivity index (χ0n) is 15.5. The third-order valence-corrected chi connectivity index (χ3v) is 5.76. The van der Waals surface area contributed by atoms with E-state index in [9.17, 15) is 4.79 Å². The van der Waals surface area contributed by atoms with E-state index in [4.69, 9.17) is 4.74 Å². The van der Waals surface area contributed by atoms with Crippen molar-refractivity contribution in [2.45, 2.75) is 51.7 Å². The summed E-state index contributed by atoms with van der Waals surface area (Å²) in [7, 11) is 0. The summed E-state index contributed by atoms with van der Waals surface area (Å²) >= 11 is 0. The van der Waals surface area contributed by atoms with Crippen LogP contribution in [0.25, 0.3) is 0 Å². The SMILES string of the molecule is CC(CC(=O)N1CCC(OCc2ccccc2)CC1)C1CCCNC1. The number of carbonyl (C=O) groups excluding carboxylic acids is 1. The minimum Gasteiger partial charge on any atom is -0.373 e. The van der Waals surface area contributed by atoms with E-state index in [2.05, 4.69) is 29.3 Å². The van der Waals surface area contributed by atoms with E-state index in [-0.39, 0.29) is 6.10 Å². The van der Waals surface area contributed by atoms with Crippen LogP contribution in [0.4, 0.5) is 0 Å². The third kappa shape index (κ3) is 5.55. The molecule has 2 atom stereocenters. The van der Waals surface area contributed by atoms with Gasteiger partial charge in [0.1, 0.15) is 0 Å². The van der Waals surface area contributed by atoms with Crippen molar-refractivity contribution in [1.82, 2.24) is 10.2 Å². The van der Waals surface area contributed by atoms with Gasteiger partial charge in [0.05, 0.1) is 12.7 Å². The smallest absolute Gasteiger partial charge is 0.222 e. The lowest BCUT2D eigenvalue weighted by Gasteiger charge is -2.34. The highest BCUT2D eigenvalue weighted by molar-refractivity contribution is 5.76. The molecule has 1 aromatic rings. The van der Waals surface area contributed by atoms with Crippen molar-refractivity contribution in [1.29, 1.82) is 0 Å². The van der Waals surface area contributed by atoms with Crippen molar-refractivity contribution in [2.24, 2.45) is 11.8 Å². The molecule has 138 valence electrons. The summed E-state index contributed by atoms with van der Waals surface area (Å²) in [6.07, 6.45) is 5.39. The van der Waals surface area contributed by atoms with Gasteiger partial charge in [-0.3, -0.25) is 4.79 Å². The Morgan fingerprint density at radius 3 is 2.68 bits per heavy atom. The van der Waals surface area contributed by atoms with Gasteiger partial charge in [0.25, 0.3) is 0 Å². The van der Waals surface area contributed by atoms with E-state index >= 15 is 0 Å². The molecule has 1 amide bonds. The Morgan fingerprint density at radius 2 is 2.00 bits per heavy atom. The van der Waals surface area contributed by atoms with Gasteiger partial charge in [-0.15, -0.1) is 0 Å². The van der Waals surface area contributed by atoms with Crippen LogP contribution >= 0.6 is 0 Å². The molecule has 4 nitrogen and oxygen atoms in total. The van der Waals surface area contributed by atoms with Crippen molar-refractivity contribution >= 4 is 5.91 Å². The highest BCUT2D eigenvalue weighted by Gasteiger charge is 2.27. The zero-order chi connectivity index (χ0) is 17.5. The molecule has 0 radical (unpaired) electrons. The molecule has 2 aliphatic heterocycles. The van der Waals surface area contributed by atoms with E-state index in [1.54, 1.807) is 0 Å². The standard InChI is InChI=1S/C21H32N2O2/c1-17(19-8-5-11-22-15-19)14-21(24)23-12-9-20(10-13-23)25-16-18-6-3-2-4-7-18/h2-4,6-7,17,19-20,22H,5,8-16H2,1H3. The molecule has 0 aromatic heterocycles. The Labute approximate surface area is 151 Å². The van der Waals surface area contributed by atoms with Gasteiger partial charge in [-0.2, -0.15) is 0 Å². The first kappa shape index (κ1) is 18.4. The van der Waals surface area contributed by atoms with Crippen LogP contribution in [0.1, 0.15) is 44.6 Å². The summed E-state index contributed by atoms with van der Waals surface area (Å²) in [4.78, 5) is 14.7. The van der Waals surface area contributed by atoms with Gasteiger partial charge in [-0.1, -0.05) is 37.3 Å². The molecule has 1 aromatic carbocycles. The maximum absolute atomic E-state index is 12.6. The van der Waals surface area contributed by atoms with Gasteiger partial charge in [0, 0.05) is 19.5 Å². The zero-order valence-corrected chi connectivity index (χ0v) is 15.5. The maximum atomic E-state index is 12.6. The highest BCUT2D eigenvalue weighted by atomic mass is 16.5. The molecule has 3 rings (SSSR count). The second-order valence-corrected chi connectivity index (χ2v) is 7.66. The molecule has 2 fully saturated rings. The van der Waals surface area contributed by atoms with Crippen LogP contribution in [0.5, 0.6) is 0 Å². The number of amides is 1. The summed E-state index contributed by atoms with van der Waals surface area (Å²) in [5.41, 5.74) is 1.22. The summed E-state index contributed by atoms with van der Waals surface area (Å²) in [6.45, 7) is 6.80. The molecule has 0 aliphatic carbocycles. The van der Waals surface area contributed by atoms with Crippen LogP contribution in [0.15, 0.2) is 30.3 Å². The molecule has 2 heterocycles. The van der Waals surface area contributed by atoms with Crippen LogP contribution in [0.2, 0.25) is 0 Å². The quantitative estimate of drug-likeness (QED) is 0.861. The number of hydrogen-bond donors (Lipinski definition) is 1. The van der Waals surface area contributed by atoms with Gasteiger partial charge in [0.2, 0.25) is 5.91 Å². The van der Waals surface area contributed by atoms with Crippen LogP contribution in [-0.2, 0) is 16.1 Å². The van der Waals surface area contributed by atoms with Gasteiger partial charge >= 0.3 is 0 Å². The predicted molar refractivity (Wildman–Crippen MR) is 100 cm³/mol. The number of nitrogens with one attached hydrogen (secondary N) is 1. The minimum absolute atomic E-state index is 0.282. The van der Waals surface area contributed by atoms with Crippen LogP contribution in [0.3, 0.4) is 0 Å². The van der Waals surface area contributed by atoms with Gasteiger partial charge in [0.15, 0.2) is 0 Å². The van der Waals surface area contributed by atoms with Gasteiger partial charge < -0.3 is 15.0 Å². The number of nitrogens with zero attached hydrogens (tertiary/aromatic N) is 1. The first-order chi connectivity index (χ1) is 12.2. The van der Waals surface area contributed by atoms with Crippen molar-refractivity contribution in [3.63, 3.8) is 0 Å². The van der Waals surface area contributed by atoms with E-state index in [0.717, 1.165) is 39.0 Å². The Morgan fingerprint density at radius 1 is 1.24 bits per heavy atom. The first-order valence-corrected chi connectivity index (χ1v) is 9.86. The van der Waals surface area contributed by atoms with Crippen molar-refractivity contribution in [3.8, 4) is 0 Å². The first-order valence-electron chi connectivity index (χ1n) is 9.86. The number of ether oxygens (including phenoxy) is 1. The number of likely N-dealkylation sites (tertiary alicyclic amines) is 1. The molecule has 0 spiro atoms. The highest BCUT2D eigenvalue weighted by Crippen LogP contribution is 2.24. The molecule has 25 heavy (non-hydrogen) atoms. The van der Waals surface area contributed by atoms with E-state index in [1.165, 1.54) is 18.4 Å². The summed E-state index contributed by atoms with van der Waals surface area (Å²) in [5, 5.41) is 3.46. The van der Waals surface area contributed by atoms with Gasteiger partial charge in [-0.25, -0.2) is 0 Å². The average molecular weight is 344 g/mol. The molecule has 4 heteroatoms. The Hall–Kier alpha value is -1.39. The van der Waals surface area contributed by atoms with Crippen molar-refractivity contribution in [2.75, 3.05) is 26.2 Å². The second kappa shape index (κ2) is 9.35. The fraction of sp³-hybridized carbons (Fsp3) is 0.667. The number of piperidine rings is 2. The Bertz CT molecular complexity index is 520. The van der Waals surface area contributed by atoms with Crippen molar-refractivity contribution < 1.29 is 9.53 Å². The monoisotopic (exact) mass is 344 g/mol. The minimum atomic E-state index is 0.282. The van der Waals surface area contributed by atoms with Crippen LogP contribution in [-0.4, -0.2) is 43.1 Å². The van der Waals surface area contributed by atoms with E-state index in [0.29, 0.717) is 30.8 Å². The topological polar surface area (TPSA) is 41.6 Å². The molecular formula is C21H32N2O2. The fourth-order valence-corrected chi connectivity index (χ4v) is 4.00. The number of carbonyl (C=O) groups is 1. The van der Waals surface area contributed by atoms with Crippen LogP contribution < -0.4 is 5.32 Å². The second-order valence-electron chi connectivity index (χ2n) is 7.66. The summed E-state index contributed by atoms with van der Waals surface area (Å²) < 4.78 is 6.03. The lowest BCUT2D eigenvalue weighted by atomic mass is 9.85. The number of rotatable bonds is 6. The van der Waals surface area contributed by atoms with E-state index in [1.807, 2.05) is 18.2 Å². The Kier molecular flexibility index (Phi) is 6.88.